The van der Waals surface area contributed by atoms with Crippen LogP contribution in [-0.4, -0.2) is 31.1 Å². The minimum absolute atomic E-state index is 0. The summed E-state index contributed by atoms with van der Waals surface area (Å²) in [5.74, 6) is -0.781. The average molecular weight is 349 g/mol. The maximum Gasteiger partial charge on any atom is 0.132 e. The Kier molecular flexibility index (Phi) is 5.81. The average Bonchev–Trinajstić information content (AvgIpc) is 2.97. The molecule has 0 bridgehead atoms. The van der Waals surface area contributed by atoms with Crippen LogP contribution in [0, 0.1) is 11.6 Å². The minimum Gasteiger partial charge on any atom is -0.467 e. The molecule has 1 atom stereocenters. The maximum absolute atomic E-state index is 14.3. The van der Waals surface area contributed by atoms with Crippen LogP contribution >= 0.6 is 24.0 Å². The molecule has 1 aliphatic heterocycles. The van der Waals surface area contributed by atoms with Crippen LogP contribution in [0.25, 0.3) is 0 Å². The number of benzene rings is 1. The molecule has 3 nitrogen and oxygen atoms in total. The Balaban J connectivity index is 0.00000176. The molecule has 1 aliphatic rings. The Morgan fingerprint density at radius 3 is 2.36 bits per heavy atom. The van der Waals surface area contributed by atoms with Gasteiger partial charge in [0.25, 0.3) is 0 Å². The normalized spacial score (nSPS) is 17.0. The fraction of sp³-hybridized carbons (Fsp3) is 0.333. The lowest BCUT2D eigenvalue weighted by atomic mass is 10.0. The van der Waals surface area contributed by atoms with E-state index < -0.39 is 17.7 Å². The van der Waals surface area contributed by atoms with Gasteiger partial charge in [0, 0.05) is 36.8 Å². The summed E-state index contributed by atoms with van der Waals surface area (Å²) in [6, 6.07) is 5.14. The number of piperazine rings is 1. The molecular formula is C15H16Cl2F2N2O. The van der Waals surface area contributed by atoms with Gasteiger partial charge in [-0.05, 0) is 24.3 Å². The van der Waals surface area contributed by atoms with E-state index in [1.165, 1.54) is 6.26 Å². The van der Waals surface area contributed by atoms with Crippen molar-refractivity contribution in [2.75, 3.05) is 26.2 Å². The number of hydrogen-bond donors (Lipinski definition) is 1. The topological polar surface area (TPSA) is 28.4 Å². The minimum atomic E-state index is -0.653. The van der Waals surface area contributed by atoms with Crippen molar-refractivity contribution in [2.24, 2.45) is 0 Å². The van der Waals surface area contributed by atoms with Crippen molar-refractivity contribution in [1.29, 1.82) is 0 Å². The number of hydrogen-bond acceptors (Lipinski definition) is 3. The molecule has 1 aromatic heterocycles. The van der Waals surface area contributed by atoms with Crippen LogP contribution in [0.3, 0.4) is 0 Å². The van der Waals surface area contributed by atoms with E-state index in [1.807, 2.05) is 4.90 Å². The van der Waals surface area contributed by atoms with Crippen LogP contribution in [0.1, 0.15) is 17.4 Å². The van der Waals surface area contributed by atoms with Gasteiger partial charge in [-0.15, -0.1) is 12.4 Å². The zero-order valence-electron chi connectivity index (χ0n) is 11.7. The third-order valence-electron chi connectivity index (χ3n) is 3.65. The quantitative estimate of drug-likeness (QED) is 0.917. The van der Waals surface area contributed by atoms with Crippen LogP contribution < -0.4 is 5.32 Å². The van der Waals surface area contributed by atoms with E-state index in [1.54, 1.807) is 12.1 Å². The standard InChI is InChI=1S/C15H15ClF2N2O.ClH/c16-10-8-11(17)14(12(18)9-10)15(13-2-1-7-21-13)20-5-3-19-4-6-20;/h1-2,7-9,15,19H,3-6H2;1H/t15-;/m0./s1. The molecule has 1 aromatic carbocycles. The summed E-state index contributed by atoms with van der Waals surface area (Å²) in [7, 11) is 0. The molecular weight excluding hydrogens is 333 g/mol. The van der Waals surface area contributed by atoms with Crippen LogP contribution in [-0.2, 0) is 0 Å². The Morgan fingerprint density at radius 1 is 1.18 bits per heavy atom. The summed E-state index contributed by atoms with van der Waals surface area (Å²) in [6.07, 6.45) is 1.51. The van der Waals surface area contributed by atoms with Gasteiger partial charge in [-0.2, -0.15) is 0 Å². The number of rotatable bonds is 3. The lowest BCUT2D eigenvalue weighted by Crippen LogP contribution is -2.45. The first-order chi connectivity index (χ1) is 10.2. The van der Waals surface area contributed by atoms with Crippen molar-refractivity contribution in [3.63, 3.8) is 0 Å². The first-order valence-electron chi connectivity index (χ1n) is 6.79. The number of nitrogens with zero attached hydrogens (tertiary/aromatic N) is 1. The molecule has 120 valence electrons. The Bertz CT molecular complexity index is 593. The van der Waals surface area contributed by atoms with Gasteiger partial charge in [-0.25, -0.2) is 8.78 Å². The van der Waals surface area contributed by atoms with Crippen LogP contribution in [0.2, 0.25) is 5.02 Å². The predicted molar refractivity (Wildman–Crippen MR) is 83.6 cm³/mol. The third-order valence-corrected chi connectivity index (χ3v) is 3.86. The van der Waals surface area contributed by atoms with Crippen LogP contribution in [0.5, 0.6) is 0 Å². The van der Waals surface area contributed by atoms with Gasteiger partial charge in [0.05, 0.1) is 12.3 Å². The zero-order valence-corrected chi connectivity index (χ0v) is 13.3. The molecule has 0 aliphatic carbocycles. The summed E-state index contributed by atoms with van der Waals surface area (Å²) in [5.41, 5.74) is -0.0174. The molecule has 2 aromatic rings. The van der Waals surface area contributed by atoms with Gasteiger partial charge < -0.3 is 9.73 Å². The van der Waals surface area contributed by atoms with E-state index in [2.05, 4.69) is 5.32 Å². The Morgan fingerprint density at radius 2 is 1.82 bits per heavy atom. The Labute approximate surface area is 138 Å². The second-order valence-electron chi connectivity index (χ2n) is 4.99. The first-order valence-corrected chi connectivity index (χ1v) is 7.17. The molecule has 0 amide bonds. The van der Waals surface area contributed by atoms with E-state index in [4.69, 9.17) is 16.0 Å². The van der Waals surface area contributed by atoms with Gasteiger partial charge in [0.1, 0.15) is 17.4 Å². The fourth-order valence-corrected chi connectivity index (χ4v) is 2.90. The molecule has 1 fully saturated rings. The van der Waals surface area contributed by atoms with E-state index >= 15 is 0 Å². The zero-order chi connectivity index (χ0) is 14.8. The van der Waals surface area contributed by atoms with Crippen molar-refractivity contribution in [3.8, 4) is 0 Å². The predicted octanol–water partition coefficient (Wildman–Crippen LogP) is 3.63. The molecule has 0 saturated carbocycles. The van der Waals surface area contributed by atoms with Crippen molar-refractivity contribution < 1.29 is 13.2 Å². The molecule has 2 heterocycles. The highest BCUT2D eigenvalue weighted by atomic mass is 35.5. The van der Waals surface area contributed by atoms with Gasteiger partial charge in [0.2, 0.25) is 0 Å². The van der Waals surface area contributed by atoms with Gasteiger partial charge in [0.15, 0.2) is 0 Å². The van der Waals surface area contributed by atoms with E-state index in [9.17, 15) is 8.78 Å². The molecule has 1 saturated heterocycles. The number of nitrogens with one attached hydrogen (secondary N) is 1. The van der Waals surface area contributed by atoms with Crippen molar-refractivity contribution in [2.45, 2.75) is 6.04 Å². The van der Waals surface area contributed by atoms with E-state index in [-0.39, 0.29) is 23.0 Å². The summed E-state index contributed by atoms with van der Waals surface area (Å²) >= 11 is 5.71. The summed E-state index contributed by atoms with van der Waals surface area (Å²) in [6.45, 7) is 2.92. The lowest BCUT2D eigenvalue weighted by molar-refractivity contribution is 0.173. The summed E-state index contributed by atoms with van der Waals surface area (Å²) in [4.78, 5) is 2.00. The second kappa shape index (κ2) is 7.42. The van der Waals surface area contributed by atoms with Crippen molar-refractivity contribution >= 4 is 24.0 Å². The van der Waals surface area contributed by atoms with Crippen LogP contribution in [0.15, 0.2) is 34.9 Å². The summed E-state index contributed by atoms with van der Waals surface area (Å²) < 4.78 is 34.0. The van der Waals surface area contributed by atoms with E-state index in [0.29, 0.717) is 18.8 Å². The van der Waals surface area contributed by atoms with Gasteiger partial charge in [-0.3, -0.25) is 4.90 Å². The molecule has 0 spiro atoms. The molecule has 0 radical (unpaired) electrons. The molecule has 3 rings (SSSR count). The largest absolute Gasteiger partial charge is 0.467 e. The third kappa shape index (κ3) is 3.43. The monoisotopic (exact) mass is 348 g/mol. The molecule has 22 heavy (non-hydrogen) atoms. The lowest BCUT2D eigenvalue weighted by Gasteiger charge is -2.34. The highest BCUT2D eigenvalue weighted by Crippen LogP contribution is 2.34. The SMILES string of the molecule is Cl.Fc1cc(Cl)cc(F)c1[C@H](c1ccco1)N1CCNCC1. The highest BCUT2D eigenvalue weighted by molar-refractivity contribution is 6.30. The fourth-order valence-electron chi connectivity index (χ4n) is 2.71. The molecule has 0 unspecified atom stereocenters. The van der Waals surface area contributed by atoms with Crippen molar-refractivity contribution in [1.82, 2.24) is 10.2 Å². The second-order valence-corrected chi connectivity index (χ2v) is 5.42. The van der Waals surface area contributed by atoms with Gasteiger partial charge >= 0.3 is 0 Å². The van der Waals surface area contributed by atoms with Gasteiger partial charge in [-0.1, -0.05) is 11.6 Å². The smallest absolute Gasteiger partial charge is 0.132 e. The maximum atomic E-state index is 14.3. The van der Waals surface area contributed by atoms with Crippen molar-refractivity contribution in [3.05, 3.63) is 58.5 Å². The Hall–Kier alpha value is -1.14. The number of halogens is 4. The highest BCUT2D eigenvalue weighted by Gasteiger charge is 2.31. The number of furan rings is 1. The first kappa shape index (κ1) is 17.2. The molecule has 1 N–H and O–H groups in total. The van der Waals surface area contributed by atoms with E-state index in [0.717, 1.165) is 25.2 Å². The molecule has 7 heteroatoms. The summed E-state index contributed by atoms with van der Waals surface area (Å²) in [5, 5.41) is 3.27. The van der Waals surface area contributed by atoms with Crippen LogP contribution in [0.4, 0.5) is 8.78 Å².